The highest BCUT2D eigenvalue weighted by Crippen LogP contribution is 2.36. The zero-order valence-corrected chi connectivity index (χ0v) is 11.7. The Bertz CT molecular complexity index is 597. The molecule has 1 fully saturated rings. The van der Waals surface area contributed by atoms with Crippen molar-refractivity contribution in [3.63, 3.8) is 0 Å². The Hall–Kier alpha value is -1.25. The minimum atomic E-state index is -4.21. The average Bonchev–Trinajstić information content (AvgIpc) is 2.79. The van der Waals surface area contributed by atoms with Crippen molar-refractivity contribution in [2.75, 3.05) is 18.7 Å². The molecule has 1 aromatic heterocycles. The van der Waals surface area contributed by atoms with E-state index in [1.165, 1.54) is 4.57 Å². The van der Waals surface area contributed by atoms with Gasteiger partial charge in [0.15, 0.2) is 0 Å². The van der Waals surface area contributed by atoms with Crippen molar-refractivity contribution in [2.24, 2.45) is 0 Å². The standard InChI is InChI=1S/C10H16N3O6P/c1-6-3-13(10(14)12-9(6)11)8-2-7(4-18-8)19-5-20(15,16)17/h3,7-8H,2,4-5H2,1H3,(H2,11,12,14)(H2,15,16,17)/t7-,8-/m1/s1. The van der Waals surface area contributed by atoms with E-state index in [1.54, 1.807) is 13.1 Å². The van der Waals surface area contributed by atoms with Crippen LogP contribution < -0.4 is 11.4 Å². The monoisotopic (exact) mass is 305 g/mol. The van der Waals surface area contributed by atoms with Gasteiger partial charge in [-0.15, -0.1) is 0 Å². The third-order valence-electron chi connectivity index (χ3n) is 2.90. The number of nitrogens with two attached hydrogens (primary N) is 1. The lowest BCUT2D eigenvalue weighted by atomic mass is 10.2. The van der Waals surface area contributed by atoms with E-state index in [1.807, 2.05) is 0 Å². The van der Waals surface area contributed by atoms with Crippen molar-refractivity contribution in [3.05, 3.63) is 22.2 Å². The van der Waals surface area contributed by atoms with Gasteiger partial charge in [-0.1, -0.05) is 0 Å². The molecule has 1 aliphatic heterocycles. The predicted octanol–water partition coefficient (Wildman–Crippen LogP) is -0.427. The lowest BCUT2D eigenvalue weighted by molar-refractivity contribution is 0.0325. The summed E-state index contributed by atoms with van der Waals surface area (Å²) < 4.78 is 22.5. The second kappa shape index (κ2) is 5.63. The SMILES string of the molecule is Cc1cn([C@H]2C[C@@H](OCP(=O)(O)O)CO2)c(=O)nc1N. The van der Waals surface area contributed by atoms with E-state index in [2.05, 4.69) is 4.98 Å². The molecule has 0 aromatic carbocycles. The Morgan fingerprint density at radius 2 is 2.35 bits per heavy atom. The molecule has 0 amide bonds. The first kappa shape index (κ1) is 15.1. The smallest absolute Gasteiger partial charge is 0.351 e. The Morgan fingerprint density at radius 3 is 3.00 bits per heavy atom. The topological polar surface area (TPSA) is 137 Å². The quantitative estimate of drug-likeness (QED) is 0.637. The van der Waals surface area contributed by atoms with Crippen LogP contribution in [0, 0.1) is 6.92 Å². The van der Waals surface area contributed by atoms with Gasteiger partial charge in [0.25, 0.3) is 0 Å². The zero-order chi connectivity index (χ0) is 14.9. The molecule has 20 heavy (non-hydrogen) atoms. The number of aromatic nitrogens is 2. The maximum absolute atomic E-state index is 11.7. The van der Waals surface area contributed by atoms with Crippen molar-refractivity contribution < 1.29 is 23.8 Å². The molecule has 10 heteroatoms. The average molecular weight is 305 g/mol. The maximum Gasteiger partial charge on any atom is 0.351 e. The van der Waals surface area contributed by atoms with E-state index in [-0.39, 0.29) is 12.4 Å². The van der Waals surface area contributed by atoms with Gasteiger partial charge in [0.1, 0.15) is 18.4 Å². The summed E-state index contributed by atoms with van der Waals surface area (Å²) in [7, 11) is -4.21. The van der Waals surface area contributed by atoms with Gasteiger partial charge in [0, 0.05) is 18.2 Å². The summed E-state index contributed by atoms with van der Waals surface area (Å²) in [5.74, 6) is 0.165. The molecule has 0 saturated carbocycles. The Morgan fingerprint density at radius 1 is 1.65 bits per heavy atom. The highest BCUT2D eigenvalue weighted by Gasteiger charge is 2.30. The molecule has 2 heterocycles. The highest BCUT2D eigenvalue weighted by molar-refractivity contribution is 7.51. The van der Waals surface area contributed by atoms with Gasteiger partial charge in [0.2, 0.25) is 0 Å². The second-order valence-corrected chi connectivity index (χ2v) is 6.19. The summed E-state index contributed by atoms with van der Waals surface area (Å²) in [6, 6.07) is 0. The van der Waals surface area contributed by atoms with Crippen LogP contribution in [-0.2, 0) is 14.0 Å². The van der Waals surface area contributed by atoms with Gasteiger partial charge in [-0.2, -0.15) is 4.98 Å². The summed E-state index contributed by atoms with van der Waals surface area (Å²) in [6.45, 7) is 1.87. The second-order valence-electron chi connectivity index (χ2n) is 4.61. The molecule has 4 N–H and O–H groups in total. The van der Waals surface area contributed by atoms with Crippen molar-refractivity contribution >= 4 is 13.4 Å². The van der Waals surface area contributed by atoms with Gasteiger partial charge in [0.05, 0.1) is 12.7 Å². The molecular formula is C10H16N3O6P. The number of rotatable bonds is 4. The van der Waals surface area contributed by atoms with Crippen LogP contribution in [0.15, 0.2) is 11.0 Å². The van der Waals surface area contributed by atoms with Crippen molar-refractivity contribution in [1.29, 1.82) is 0 Å². The number of anilines is 1. The molecule has 0 aliphatic carbocycles. The third-order valence-corrected chi connectivity index (χ3v) is 3.39. The molecule has 2 atom stereocenters. The van der Waals surface area contributed by atoms with Gasteiger partial charge in [-0.25, -0.2) is 4.79 Å². The lowest BCUT2D eigenvalue weighted by Gasteiger charge is -2.14. The fraction of sp³-hybridized carbons (Fsp3) is 0.600. The lowest BCUT2D eigenvalue weighted by Crippen LogP contribution is -2.28. The van der Waals surface area contributed by atoms with Crippen LogP contribution in [0.3, 0.4) is 0 Å². The summed E-state index contributed by atoms with van der Waals surface area (Å²) in [6.07, 6.45) is 0.140. The van der Waals surface area contributed by atoms with E-state index < -0.39 is 32.0 Å². The van der Waals surface area contributed by atoms with Crippen LogP contribution >= 0.6 is 7.60 Å². The van der Waals surface area contributed by atoms with Crippen LogP contribution in [-0.4, -0.2) is 38.4 Å². The number of nitrogen functional groups attached to an aromatic ring is 1. The summed E-state index contributed by atoms with van der Waals surface area (Å²) in [5, 5.41) is 0. The zero-order valence-electron chi connectivity index (χ0n) is 10.8. The molecule has 1 aromatic rings. The first-order valence-electron chi connectivity index (χ1n) is 5.89. The molecule has 1 saturated heterocycles. The van der Waals surface area contributed by atoms with E-state index in [9.17, 15) is 9.36 Å². The minimum Gasteiger partial charge on any atom is -0.383 e. The predicted molar refractivity (Wildman–Crippen MR) is 69.0 cm³/mol. The molecule has 0 spiro atoms. The normalized spacial score (nSPS) is 23.1. The van der Waals surface area contributed by atoms with Crippen molar-refractivity contribution in [3.8, 4) is 0 Å². The largest absolute Gasteiger partial charge is 0.383 e. The first-order valence-corrected chi connectivity index (χ1v) is 7.69. The Labute approximate surface area is 114 Å². The van der Waals surface area contributed by atoms with Crippen LogP contribution in [0.25, 0.3) is 0 Å². The van der Waals surface area contributed by atoms with E-state index >= 15 is 0 Å². The number of hydrogen-bond acceptors (Lipinski definition) is 6. The van der Waals surface area contributed by atoms with Crippen LogP contribution in [0.1, 0.15) is 18.2 Å². The summed E-state index contributed by atoms with van der Waals surface area (Å²) in [4.78, 5) is 32.9. The number of hydrogen-bond donors (Lipinski definition) is 3. The molecule has 112 valence electrons. The first-order chi connectivity index (χ1) is 9.26. The fourth-order valence-corrected chi connectivity index (χ4v) is 2.28. The molecule has 0 radical (unpaired) electrons. The molecule has 9 nitrogen and oxygen atoms in total. The van der Waals surface area contributed by atoms with Gasteiger partial charge in [-0.05, 0) is 6.92 Å². The minimum absolute atomic E-state index is 0.153. The van der Waals surface area contributed by atoms with Crippen LogP contribution in [0.4, 0.5) is 5.82 Å². The summed E-state index contributed by atoms with van der Waals surface area (Å²) >= 11 is 0. The van der Waals surface area contributed by atoms with E-state index in [0.717, 1.165) is 0 Å². The van der Waals surface area contributed by atoms with E-state index in [4.69, 9.17) is 25.0 Å². The molecule has 0 bridgehead atoms. The molecule has 1 aliphatic rings. The third kappa shape index (κ3) is 3.65. The van der Waals surface area contributed by atoms with Crippen LogP contribution in [0.2, 0.25) is 0 Å². The van der Waals surface area contributed by atoms with Crippen molar-refractivity contribution in [1.82, 2.24) is 9.55 Å². The molecule has 0 unspecified atom stereocenters. The number of ether oxygens (including phenoxy) is 2. The van der Waals surface area contributed by atoms with E-state index in [0.29, 0.717) is 12.0 Å². The van der Waals surface area contributed by atoms with Gasteiger partial charge in [-0.3, -0.25) is 9.13 Å². The van der Waals surface area contributed by atoms with Gasteiger partial charge < -0.3 is 25.0 Å². The fourth-order valence-electron chi connectivity index (χ4n) is 1.88. The van der Waals surface area contributed by atoms with Crippen LogP contribution in [0.5, 0.6) is 0 Å². The highest BCUT2D eigenvalue weighted by atomic mass is 31.2. The summed E-state index contributed by atoms with van der Waals surface area (Å²) in [5.41, 5.74) is 5.65. The number of nitrogens with zero attached hydrogens (tertiary/aromatic N) is 2. The van der Waals surface area contributed by atoms with Gasteiger partial charge >= 0.3 is 13.3 Å². The number of aryl methyl sites for hydroxylation is 1. The molecule has 2 rings (SSSR count). The maximum atomic E-state index is 11.7. The Balaban J connectivity index is 2.05. The Kier molecular flexibility index (Phi) is 4.26. The van der Waals surface area contributed by atoms with Crippen molar-refractivity contribution in [2.45, 2.75) is 25.7 Å². The molecular weight excluding hydrogens is 289 g/mol.